The van der Waals surface area contributed by atoms with Crippen molar-refractivity contribution >= 4 is 5.91 Å². The number of hydrogen-bond donors (Lipinski definition) is 0. The van der Waals surface area contributed by atoms with E-state index in [9.17, 15) is 4.79 Å². The number of carbonyl (C=O) groups excluding carboxylic acids is 1. The first-order valence-corrected chi connectivity index (χ1v) is 8.73. The average Bonchev–Trinajstić information content (AvgIpc) is 3.13. The maximum absolute atomic E-state index is 12.8. The van der Waals surface area contributed by atoms with Crippen LogP contribution in [0, 0.1) is 13.8 Å². The second kappa shape index (κ2) is 7.20. The number of carbonyl (C=O) groups is 1. The van der Waals surface area contributed by atoms with E-state index in [1.165, 1.54) is 6.42 Å². The van der Waals surface area contributed by atoms with Gasteiger partial charge in [-0.3, -0.25) is 4.79 Å². The second-order valence-electron chi connectivity index (χ2n) is 6.71. The third-order valence-electron chi connectivity index (χ3n) is 5.08. The molecule has 130 valence electrons. The summed E-state index contributed by atoms with van der Waals surface area (Å²) in [5, 5.41) is 3.96. The summed E-state index contributed by atoms with van der Waals surface area (Å²) in [5.41, 5.74) is 1.76. The lowest BCUT2D eigenvalue weighted by Crippen LogP contribution is -2.44. The molecule has 6 nitrogen and oxygen atoms in total. The predicted molar refractivity (Wildman–Crippen MR) is 90.6 cm³/mol. The first-order chi connectivity index (χ1) is 11.6. The Balaban J connectivity index is 1.65. The van der Waals surface area contributed by atoms with E-state index in [0.717, 1.165) is 55.1 Å². The molecule has 0 aromatic carbocycles. The summed E-state index contributed by atoms with van der Waals surface area (Å²) in [7, 11) is 2.02. The molecule has 0 spiro atoms. The molecule has 2 aromatic heterocycles. The molecule has 1 aliphatic rings. The van der Waals surface area contributed by atoms with Crippen LogP contribution in [0.1, 0.15) is 48.5 Å². The minimum atomic E-state index is 0.189. The van der Waals surface area contributed by atoms with Crippen LogP contribution in [-0.2, 0) is 24.7 Å². The van der Waals surface area contributed by atoms with Gasteiger partial charge in [0.15, 0.2) is 0 Å². The Hall–Kier alpha value is -2.11. The minimum absolute atomic E-state index is 0.189. The van der Waals surface area contributed by atoms with Crippen molar-refractivity contribution in [3.8, 4) is 0 Å². The van der Waals surface area contributed by atoms with Gasteiger partial charge in [-0.1, -0.05) is 5.16 Å². The highest BCUT2D eigenvalue weighted by Gasteiger charge is 2.28. The van der Waals surface area contributed by atoms with E-state index in [1.54, 1.807) is 0 Å². The molecule has 0 saturated carbocycles. The molecule has 0 bridgehead atoms. The van der Waals surface area contributed by atoms with E-state index < -0.39 is 0 Å². The van der Waals surface area contributed by atoms with Crippen molar-refractivity contribution < 1.29 is 9.32 Å². The number of rotatable bonds is 5. The highest BCUT2D eigenvalue weighted by molar-refractivity contribution is 5.79. The lowest BCUT2D eigenvalue weighted by Gasteiger charge is -2.36. The summed E-state index contributed by atoms with van der Waals surface area (Å²) >= 11 is 0. The van der Waals surface area contributed by atoms with Crippen LogP contribution in [0.5, 0.6) is 0 Å². The molecule has 1 unspecified atom stereocenters. The fourth-order valence-corrected chi connectivity index (χ4v) is 3.57. The van der Waals surface area contributed by atoms with Crippen LogP contribution in [0.3, 0.4) is 0 Å². The van der Waals surface area contributed by atoms with Crippen LogP contribution in [0.2, 0.25) is 0 Å². The van der Waals surface area contributed by atoms with Gasteiger partial charge in [0.05, 0.1) is 12.1 Å². The number of aromatic nitrogens is 3. The van der Waals surface area contributed by atoms with Gasteiger partial charge in [-0.05, 0) is 39.5 Å². The van der Waals surface area contributed by atoms with Gasteiger partial charge in [-0.2, -0.15) is 0 Å². The number of piperidine rings is 1. The largest absolute Gasteiger partial charge is 0.361 e. The maximum Gasteiger partial charge on any atom is 0.227 e. The summed E-state index contributed by atoms with van der Waals surface area (Å²) in [4.78, 5) is 19.3. The summed E-state index contributed by atoms with van der Waals surface area (Å²) in [6.45, 7) is 4.62. The Labute approximate surface area is 142 Å². The second-order valence-corrected chi connectivity index (χ2v) is 6.71. The van der Waals surface area contributed by atoms with Crippen LogP contribution < -0.4 is 0 Å². The highest BCUT2D eigenvalue weighted by atomic mass is 16.5. The molecular formula is C18H26N4O2. The molecule has 0 radical (unpaired) electrons. The topological polar surface area (TPSA) is 64.2 Å². The van der Waals surface area contributed by atoms with Gasteiger partial charge in [-0.25, -0.2) is 4.98 Å². The molecule has 1 saturated heterocycles. The van der Waals surface area contributed by atoms with Crippen molar-refractivity contribution in [3.63, 3.8) is 0 Å². The standard InChI is InChI=1S/C18H26N4O2/c1-13-16(14(2)24-20-13)12-18(23)22-10-5-4-6-15(22)7-8-17-19-9-11-21(17)3/h9,11,15H,4-8,10,12H2,1-3H3. The normalized spacial score (nSPS) is 18.1. The first-order valence-electron chi connectivity index (χ1n) is 8.73. The number of hydrogen-bond acceptors (Lipinski definition) is 4. The number of likely N-dealkylation sites (tertiary alicyclic amines) is 1. The van der Waals surface area contributed by atoms with Crippen LogP contribution in [0.15, 0.2) is 16.9 Å². The maximum atomic E-state index is 12.8. The number of imidazole rings is 1. The molecule has 24 heavy (non-hydrogen) atoms. The number of nitrogens with zero attached hydrogens (tertiary/aromatic N) is 4. The van der Waals surface area contributed by atoms with Crippen molar-refractivity contribution in [3.05, 3.63) is 35.2 Å². The summed E-state index contributed by atoms with van der Waals surface area (Å²) in [6, 6.07) is 0.309. The zero-order chi connectivity index (χ0) is 17.1. The molecule has 6 heteroatoms. The van der Waals surface area contributed by atoms with E-state index >= 15 is 0 Å². The Morgan fingerprint density at radius 1 is 1.38 bits per heavy atom. The minimum Gasteiger partial charge on any atom is -0.361 e. The fourth-order valence-electron chi connectivity index (χ4n) is 3.57. The first kappa shape index (κ1) is 16.7. The summed E-state index contributed by atoms with van der Waals surface area (Å²) in [5.74, 6) is 2.02. The van der Waals surface area contributed by atoms with E-state index in [2.05, 4.69) is 19.6 Å². The highest BCUT2D eigenvalue weighted by Crippen LogP contribution is 2.23. The average molecular weight is 330 g/mol. The van der Waals surface area contributed by atoms with Gasteiger partial charge >= 0.3 is 0 Å². The van der Waals surface area contributed by atoms with Crippen molar-refractivity contribution in [2.75, 3.05) is 6.54 Å². The van der Waals surface area contributed by atoms with Crippen molar-refractivity contribution in [1.29, 1.82) is 0 Å². The molecule has 1 atom stereocenters. The van der Waals surface area contributed by atoms with Crippen molar-refractivity contribution in [1.82, 2.24) is 19.6 Å². The van der Waals surface area contributed by atoms with E-state index in [1.807, 2.05) is 33.3 Å². The molecule has 2 aromatic rings. The Bertz CT molecular complexity index is 684. The quantitative estimate of drug-likeness (QED) is 0.845. The third kappa shape index (κ3) is 3.52. The van der Waals surface area contributed by atoms with Gasteiger partial charge < -0.3 is 14.0 Å². The summed E-state index contributed by atoms with van der Waals surface area (Å²) in [6.07, 6.45) is 9.43. The third-order valence-corrected chi connectivity index (χ3v) is 5.08. The number of aryl methyl sites for hydroxylation is 4. The SMILES string of the molecule is Cc1noc(C)c1CC(=O)N1CCCCC1CCc1nccn1C. The zero-order valence-electron chi connectivity index (χ0n) is 14.8. The number of amides is 1. The predicted octanol–water partition coefficient (Wildman–Crippen LogP) is 2.58. The van der Waals surface area contributed by atoms with Gasteiger partial charge in [0.25, 0.3) is 0 Å². The molecule has 1 fully saturated rings. The molecule has 3 heterocycles. The Morgan fingerprint density at radius 2 is 2.21 bits per heavy atom. The molecule has 0 aliphatic carbocycles. The molecular weight excluding hydrogens is 304 g/mol. The van der Waals surface area contributed by atoms with Gasteiger partial charge in [0.2, 0.25) is 5.91 Å². The van der Waals surface area contributed by atoms with E-state index in [-0.39, 0.29) is 5.91 Å². The summed E-state index contributed by atoms with van der Waals surface area (Å²) < 4.78 is 7.24. The van der Waals surface area contributed by atoms with Gasteiger partial charge in [0.1, 0.15) is 11.6 Å². The van der Waals surface area contributed by atoms with Crippen LogP contribution in [0.25, 0.3) is 0 Å². The fraction of sp³-hybridized carbons (Fsp3) is 0.611. The van der Waals surface area contributed by atoms with Crippen molar-refractivity contribution in [2.45, 2.75) is 58.4 Å². The Kier molecular flexibility index (Phi) is 5.02. The van der Waals surface area contributed by atoms with Gasteiger partial charge in [-0.15, -0.1) is 0 Å². The van der Waals surface area contributed by atoms with Crippen LogP contribution in [0.4, 0.5) is 0 Å². The van der Waals surface area contributed by atoms with E-state index in [0.29, 0.717) is 12.5 Å². The molecule has 1 aliphatic heterocycles. The molecule has 3 rings (SSSR count). The zero-order valence-corrected chi connectivity index (χ0v) is 14.8. The van der Waals surface area contributed by atoms with Crippen LogP contribution >= 0.6 is 0 Å². The molecule has 1 amide bonds. The lowest BCUT2D eigenvalue weighted by atomic mass is 9.96. The monoisotopic (exact) mass is 330 g/mol. The van der Waals surface area contributed by atoms with Crippen molar-refractivity contribution in [2.24, 2.45) is 7.05 Å². The van der Waals surface area contributed by atoms with Crippen LogP contribution in [-0.4, -0.2) is 38.1 Å². The Morgan fingerprint density at radius 3 is 2.88 bits per heavy atom. The van der Waals surface area contributed by atoms with Gasteiger partial charge in [0, 0.05) is 44.0 Å². The smallest absolute Gasteiger partial charge is 0.227 e. The molecule has 0 N–H and O–H groups in total. The lowest BCUT2D eigenvalue weighted by molar-refractivity contribution is -0.134. The van der Waals surface area contributed by atoms with E-state index in [4.69, 9.17) is 4.52 Å².